The zero-order valence-corrected chi connectivity index (χ0v) is 17.2. The van der Waals surface area contributed by atoms with Crippen LogP contribution in [0.15, 0.2) is 47.5 Å². The Hall–Kier alpha value is -2.98. The Morgan fingerprint density at radius 3 is 2.41 bits per heavy atom. The summed E-state index contributed by atoms with van der Waals surface area (Å²) < 4.78 is 30.5. The van der Waals surface area contributed by atoms with Crippen LogP contribution < -0.4 is 9.64 Å². The van der Waals surface area contributed by atoms with Crippen molar-refractivity contribution < 1.29 is 22.7 Å². The number of hydrogen-bond acceptors (Lipinski definition) is 6. The fraction of sp³-hybridized carbons (Fsp3) is 0.316. The van der Waals surface area contributed by atoms with Gasteiger partial charge in [-0.25, -0.2) is 17.7 Å². The third-order valence-corrected chi connectivity index (χ3v) is 6.46. The number of anilines is 1. The highest BCUT2D eigenvalue weighted by molar-refractivity contribution is 7.89. The Labute approximate surface area is 169 Å². The molecular weight excluding hydrogens is 396 g/mol. The Morgan fingerprint density at radius 2 is 1.83 bits per heavy atom. The van der Waals surface area contributed by atoms with Gasteiger partial charge in [-0.1, -0.05) is 0 Å². The lowest BCUT2D eigenvalue weighted by Crippen LogP contribution is -2.52. The third kappa shape index (κ3) is 4.22. The number of benzene rings is 1. The lowest BCUT2D eigenvalue weighted by atomic mass is 10.1. The van der Waals surface area contributed by atoms with E-state index in [1.165, 1.54) is 50.4 Å². The van der Waals surface area contributed by atoms with E-state index in [0.29, 0.717) is 30.2 Å². The van der Waals surface area contributed by atoms with Crippen LogP contribution in [0.5, 0.6) is 5.88 Å². The third-order valence-electron chi connectivity index (χ3n) is 4.63. The van der Waals surface area contributed by atoms with Gasteiger partial charge in [0.05, 0.1) is 17.7 Å². The maximum Gasteiger partial charge on any atom is 0.254 e. The minimum absolute atomic E-state index is 0.0682. The maximum absolute atomic E-state index is 12.7. The van der Waals surface area contributed by atoms with E-state index in [1.807, 2.05) is 0 Å². The second kappa shape index (κ2) is 8.18. The Bertz CT molecular complexity index is 1020. The minimum Gasteiger partial charge on any atom is -0.481 e. The van der Waals surface area contributed by atoms with Crippen molar-refractivity contribution in [3.05, 3.63) is 48.2 Å². The summed E-state index contributed by atoms with van der Waals surface area (Å²) in [4.78, 5) is 32.5. The number of carbonyl (C=O) groups excluding carboxylic acids is 2. The molecule has 2 heterocycles. The number of hydrogen-bond donors (Lipinski definition) is 0. The average Bonchev–Trinajstić information content (AvgIpc) is 2.73. The standard InChI is InChI=1S/C19H22N4O5S/c1-21(2)29(26,27)16-6-4-14(5-7-16)19(25)22-10-11-23(18(24)13-22)15-8-9-20-17(12-15)28-3/h4-9,12H,10-11,13H2,1-3H3. The number of aromatic nitrogens is 1. The van der Waals surface area contributed by atoms with E-state index in [2.05, 4.69) is 4.98 Å². The monoisotopic (exact) mass is 418 g/mol. The van der Waals surface area contributed by atoms with Crippen LogP contribution in [0.4, 0.5) is 5.69 Å². The molecule has 10 heteroatoms. The van der Waals surface area contributed by atoms with Gasteiger partial charge in [-0.05, 0) is 30.3 Å². The van der Waals surface area contributed by atoms with E-state index in [9.17, 15) is 18.0 Å². The summed E-state index contributed by atoms with van der Waals surface area (Å²) in [5.74, 6) is -0.134. The molecule has 0 atom stereocenters. The van der Waals surface area contributed by atoms with Crippen molar-refractivity contribution in [2.45, 2.75) is 4.90 Å². The van der Waals surface area contributed by atoms with Gasteiger partial charge >= 0.3 is 0 Å². The number of pyridine rings is 1. The number of methoxy groups -OCH3 is 1. The van der Waals surface area contributed by atoms with E-state index in [0.717, 1.165) is 4.31 Å². The van der Waals surface area contributed by atoms with Crippen LogP contribution in [-0.2, 0) is 14.8 Å². The molecular formula is C19H22N4O5S. The predicted octanol–water partition coefficient (Wildman–Crippen LogP) is 0.829. The van der Waals surface area contributed by atoms with Gasteiger partial charge in [0.25, 0.3) is 5.91 Å². The van der Waals surface area contributed by atoms with Gasteiger partial charge in [-0.15, -0.1) is 0 Å². The van der Waals surface area contributed by atoms with Crippen molar-refractivity contribution in [2.75, 3.05) is 45.7 Å². The van der Waals surface area contributed by atoms with Crippen molar-refractivity contribution >= 4 is 27.5 Å². The fourth-order valence-corrected chi connectivity index (χ4v) is 3.86. The number of sulfonamides is 1. The summed E-state index contributed by atoms with van der Waals surface area (Å²) in [5.41, 5.74) is 0.988. The van der Waals surface area contributed by atoms with Crippen LogP contribution in [0, 0.1) is 0 Å². The molecule has 0 spiro atoms. The van der Waals surface area contributed by atoms with Crippen LogP contribution in [0.25, 0.3) is 0 Å². The molecule has 29 heavy (non-hydrogen) atoms. The summed E-state index contributed by atoms with van der Waals surface area (Å²) in [6.45, 7) is 0.624. The molecule has 0 N–H and O–H groups in total. The van der Waals surface area contributed by atoms with Gasteiger partial charge < -0.3 is 14.5 Å². The van der Waals surface area contributed by atoms with Crippen molar-refractivity contribution in [2.24, 2.45) is 0 Å². The van der Waals surface area contributed by atoms with Crippen LogP contribution in [-0.4, -0.2) is 75.3 Å². The van der Waals surface area contributed by atoms with Crippen molar-refractivity contribution in [1.82, 2.24) is 14.2 Å². The van der Waals surface area contributed by atoms with Gasteiger partial charge in [-0.2, -0.15) is 0 Å². The number of nitrogens with zero attached hydrogens (tertiary/aromatic N) is 4. The van der Waals surface area contributed by atoms with Crippen molar-refractivity contribution in [3.63, 3.8) is 0 Å². The number of ether oxygens (including phenoxy) is 1. The molecule has 1 aliphatic rings. The van der Waals surface area contributed by atoms with E-state index < -0.39 is 10.0 Å². The number of piperazine rings is 1. The van der Waals surface area contributed by atoms with E-state index >= 15 is 0 Å². The average molecular weight is 418 g/mol. The summed E-state index contributed by atoms with van der Waals surface area (Å²) in [6, 6.07) is 9.08. The molecule has 1 fully saturated rings. The Morgan fingerprint density at radius 1 is 1.14 bits per heavy atom. The molecule has 0 aliphatic carbocycles. The van der Waals surface area contributed by atoms with Crippen molar-refractivity contribution in [1.29, 1.82) is 0 Å². The summed E-state index contributed by atoms with van der Waals surface area (Å²) in [6.07, 6.45) is 1.56. The first-order valence-corrected chi connectivity index (χ1v) is 10.3. The molecule has 2 amide bonds. The largest absolute Gasteiger partial charge is 0.481 e. The SMILES string of the molecule is COc1cc(N2CCN(C(=O)c3ccc(S(=O)(=O)N(C)C)cc3)CC2=O)ccn1. The highest BCUT2D eigenvalue weighted by atomic mass is 32.2. The first kappa shape index (κ1) is 20.7. The number of amides is 2. The highest BCUT2D eigenvalue weighted by Gasteiger charge is 2.29. The van der Waals surface area contributed by atoms with Crippen LogP contribution in [0.2, 0.25) is 0 Å². The Balaban J connectivity index is 1.71. The molecule has 154 valence electrons. The molecule has 3 rings (SSSR count). The van der Waals surface area contributed by atoms with E-state index in [4.69, 9.17) is 4.74 Å². The van der Waals surface area contributed by atoms with Gasteiger partial charge in [-0.3, -0.25) is 9.59 Å². The van der Waals surface area contributed by atoms with Gasteiger partial charge in [0.1, 0.15) is 6.54 Å². The number of rotatable bonds is 5. The quantitative estimate of drug-likeness (QED) is 0.713. The van der Waals surface area contributed by atoms with E-state index in [1.54, 1.807) is 23.2 Å². The van der Waals surface area contributed by atoms with Gasteiger partial charge in [0.2, 0.25) is 21.8 Å². The maximum atomic E-state index is 12.7. The first-order valence-electron chi connectivity index (χ1n) is 8.86. The van der Waals surface area contributed by atoms with E-state index in [-0.39, 0.29) is 23.3 Å². The molecule has 9 nitrogen and oxygen atoms in total. The molecule has 0 unspecified atom stereocenters. The number of carbonyl (C=O) groups is 2. The molecule has 0 bridgehead atoms. The van der Waals surface area contributed by atoms with Crippen LogP contribution in [0.1, 0.15) is 10.4 Å². The lowest BCUT2D eigenvalue weighted by Gasteiger charge is -2.34. The zero-order chi connectivity index (χ0) is 21.2. The zero-order valence-electron chi connectivity index (χ0n) is 16.4. The summed E-state index contributed by atoms with van der Waals surface area (Å²) in [7, 11) is 0.820. The summed E-state index contributed by atoms with van der Waals surface area (Å²) >= 11 is 0. The molecule has 0 saturated carbocycles. The van der Waals surface area contributed by atoms with Gasteiger partial charge in [0.15, 0.2) is 0 Å². The first-order chi connectivity index (χ1) is 13.7. The van der Waals surface area contributed by atoms with Gasteiger partial charge in [0, 0.05) is 45.0 Å². The minimum atomic E-state index is -3.56. The Kier molecular flexibility index (Phi) is 5.85. The topological polar surface area (TPSA) is 100 Å². The van der Waals surface area contributed by atoms with Crippen molar-refractivity contribution in [3.8, 4) is 5.88 Å². The second-order valence-corrected chi connectivity index (χ2v) is 8.79. The lowest BCUT2D eigenvalue weighted by molar-refractivity contribution is -0.120. The fourth-order valence-electron chi connectivity index (χ4n) is 2.96. The smallest absolute Gasteiger partial charge is 0.254 e. The molecule has 2 aromatic rings. The molecule has 1 aromatic carbocycles. The molecule has 0 radical (unpaired) electrons. The molecule has 1 aliphatic heterocycles. The predicted molar refractivity (Wildman–Crippen MR) is 106 cm³/mol. The van der Waals surface area contributed by atoms with Crippen LogP contribution >= 0.6 is 0 Å². The summed E-state index contributed by atoms with van der Waals surface area (Å²) in [5, 5.41) is 0. The highest BCUT2D eigenvalue weighted by Crippen LogP contribution is 2.22. The normalized spacial score (nSPS) is 15.0. The molecule has 1 saturated heterocycles. The second-order valence-electron chi connectivity index (χ2n) is 6.64. The van der Waals surface area contributed by atoms with Crippen LogP contribution in [0.3, 0.4) is 0 Å². The molecule has 1 aromatic heterocycles.